The SMILES string of the molecule is CC1CN(S(=O)(=O)c2ccc(Cc3ccc4c(c3)C(C(F)(F)F)=CCN4)cc2)CC(C)O1. The van der Waals surface area contributed by atoms with Crippen LogP contribution >= 0.6 is 0 Å². The van der Waals surface area contributed by atoms with Gasteiger partial charge in [0.05, 0.1) is 22.7 Å². The Balaban J connectivity index is 1.53. The van der Waals surface area contributed by atoms with Crippen LogP contribution in [0.5, 0.6) is 0 Å². The predicted octanol–water partition coefficient (Wildman–Crippen LogP) is 4.45. The largest absolute Gasteiger partial charge is 0.416 e. The molecule has 2 aromatic rings. The zero-order valence-corrected chi connectivity index (χ0v) is 18.6. The third-order valence-corrected chi connectivity index (χ3v) is 7.48. The van der Waals surface area contributed by atoms with E-state index in [9.17, 15) is 21.6 Å². The maximum atomic E-state index is 13.4. The molecule has 1 N–H and O–H groups in total. The van der Waals surface area contributed by atoms with Gasteiger partial charge in [0.15, 0.2) is 0 Å². The number of ether oxygens (including phenoxy) is 1. The summed E-state index contributed by atoms with van der Waals surface area (Å²) in [5.74, 6) is 0. The number of hydrogen-bond acceptors (Lipinski definition) is 4. The van der Waals surface area contributed by atoms with Crippen molar-refractivity contribution in [2.75, 3.05) is 25.0 Å². The number of nitrogens with zero attached hydrogens (tertiary/aromatic N) is 1. The molecule has 2 aliphatic heterocycles. The standard InChI is InChI=1S/C23H25F3N2O3S/c1-15-13-28(14-16(2)31-15)32(29,30)19-6-3-17(4-7-19)11-18-5-8-22-20(12-18)21(9-10-27-22)23(24,25)26/h3-9,12,15-16,27H,10-11,13-14H2,1-2H3. The second-order valence-corrected chi connectivity index (χ2v) is 10.2. The summed E-state index contributed by atoms with van der Waals surface area (Å²) >= 11 is 0. The van der Waals surface area contributed by atoms with Crippen molar-refractivity contribution < 1.29 is 26.3 Å². The van der Waals surface area contributed by atoms with Crippen molar-refractivity contribution >= 4 is 21.3 Å². The highest BCUT2D eigenvalue weighted by Gasteiger charge is 2.37. The number of alkyl halides is 3. The van der Waals surface area contributed by atoms with Crippen LogP contribution < -0.4 is 5.32 Å². The van der Waals surface area contributed by atoms with Crippen LogP contribution in [0, 0.1) is 0 Å². The maximum Gasteiger partial charge on any atom is 0.416 e. The minimum Gasteiger partial charge on any atom is -0.381 e. The summed E-state index contributed by atoms with van der Waals surface area (Å²) in [6.45, 7) is 4.42. The van der Waals surface area contributed by atoms with Gasteiger partial charge in [0.25, 0.3) is 0 Å². The molecule has 0 spiro atoms. The lowest BCUT2D eigenvalue weighted by Crippen LogP contribution is -2.48. The van der Waals surface area contributed by atoms with E-state index < -0.39 is 21.8 Å². The lowest BCUT2D eigenvalue weighted by molar-refractivity contribution is -0.0690. The molecule has 2 unspecified atom stereocenters. The zero-order chi connectivity index (χ0) is 23.1. The molecule has 0 saturated carbocycles. The van der Waals surface area contributed by atoms with Crippen molar-refractivity contribution in [2.24, 2.45) is 0 Å². The summed E-state index contributed by atoms with van der Waals surface area (Å²) in [7, 11) is -3.64. The summed E-state index contributed by atoms with van der Waals surface area (Å²) in [4.78, 5) is 0.194. The quantitative estimate of drug-likeness (QED) is 0.724. The molecule has 2 aliphatic rings. The van der Waals surface area contributed by atoms with Crippen molar-refractivity contribution in [1.82, 2.24) is 4.31 Å². The number of anilines is 1. The monoisotopic (exact) mass is 466 g/mol. The zero-order valence-electron chi connectivity index (χ0n) is 17.8. The fourth-order valence-electron chi connectivity index (χ4n) is 4.21. The van der Waals surface area contributed by atoms with Gasteiger partial charge in [0, 0.05) is 30.9 Å². The highest BCUT2D eigenvalue weighted by atomic mass is 32.2. The number of halogens is 3. The molecule has 0 bridgehead atoms. The molecule has 0 amide bonds. The number of rotatable bonds is 4. The summed E-state index contributed by atoms with van der Waals surface area (Å²) in [6.07, 6.45) is -3.23. The van der Waals surface area contributed by atoms with Gasteiger partial charge in [0.1, 0.15) is 0 Å². The van der Waals surface area contributed by atoms with E-state index in [0.717, 1.165) is 11.6 Å². The van der Waals surface area contributed by atoms with E-state index >= 15 is 0 Å². The Morgan fingerprint density at radius 3 is 2.28 bits per heavy atom. The summed E-state index contributed by atoms with van der Waals surface area (Å²) < 4.78 is 73.1. The van der Waals surface area contributed by atoms with Crippen molar-refractivity contribution in [3.8, 4) is 0 Å². The van der Waals surface area contributed by atoms with Crippen LogP contribution in [-0.4, -0.2) is 50.7 Å². The van der Waals surface area contributed by atoms with E-state index in [4.69, 9.17) is 4.74 Å². The molecule has 9 heteroatoms. The van der Waals surface area contributed by atoms with Gasteiger partial charge in [0.2, 0.25) is 10.0 Å². The molecule has 0 radical (unpaired) electrons. The van der Waals surface area contributed by atoms with Crippen LogP contribution in [0.1, 0.15) is 30.5 Å². The van der Waals surface area contributed by atoms with Gasteiger partial charge in [-0.05, 0) is 55.7 Å². The van der Waals surface area contributed by atoms with Crippen LogP contribution in [-0.2, 0) is 21.2 Å². The number of sulfonamides is 1. The Bertz CT molecular complexity index is 1120. The number of benzene rings is 2. The first-order valence-corrected chi connectivity index (χ1v) is 11.9. The predicted molar refractivity (Wildman–Crippen MR) is 117 cm³/mol. The molecule has 4 rings (SSSR count). The van der Waals surface area contributed by atoms with Crippen LogP contribution in [0.25, 0.3) is 5.57 Å². The molecular weight excluding hydrogens is 441 g/mol. The van der Waals surface area contributed by atoms with E-state index in [-0.39, 0.29) is 29.2 Å². The van der Waals surface area contributed by atoms with Gasteiger partial charge in [-0.15, -0.1) is 0 Å². The minimum atomic E-state index is -4.42. The normalized spacial score (nSPS) is 22.1. The van der Waals surface area contributed by atoms with Crippen LogP contribution in [0.15, 0.2) is 53.4 Å². The Kier molecular flexibility index (Phi) is 6.08. The summed E-state index contributed by atoms with van der Waals surface area (Å²) in [5.41, 5.74) is 1.49. The Morgan fingerprint density at radius 2 is 1.66 bits per heavy atom. The van der Waals surface area contributed by atoms with E-state index in [0.29, 0.717) is 30.8 Å². The lowest BCUT2D eigenvalue weighted by Gasteiger charge is -2.34. The van der Waals surface area contributed by atoms with E-state index in [1.165, 1.54) is 4.31 Å². The molecule has 0 aliphatic carbocycles. The smallest absolute Gasteiger partial charge is 0.381 e. The first kappa shape index (κ1) is 22.8. The number of fused-ring (bicyclic) bond motifs is 1. The van der Waals surface area contributed by atoms with Crippen LogP contribution in [0.3, 0.4) is 0 Å². The fourth-order valence-corrected chi connectivity index (χ4v) is 5.80. The van der Waals surface area contributed by atoms with Crippen molar-refractivity contribution in [1.29, 1.82) is 0 Å². The first-order valence-electron chi connectivity index (χ1n) is 10.4. The van der Waals surface area contributed by atoms with Gasteiger partial charge < -0.3 is 10.1 Å². The van der Waals surface area contributed by atoms with Gasteiger partial charge in [-0.2, -0.15) is 17.5 Å². The second-order valence-electron chi connectivity index (χ2n) is 8.28. The molecule has 2 aromatic carbocycles. The molecule has 5 nitrogen and oxygen atoms in total. The Morgan fingerprint density at radius 1 is 1.03 bits per heavy atom. The van der Waals surface area contributed by atoms with Crippen molar-refractivity contribution in [2.45, 2.75) is 43.5 Å². The van der Waals surface area contributed by atoms with Crippen LogP contribution in [0.2, 0.25) is 0 Å². The first-order chi connectivity index (χ1) is 15.0. The summed E-state index contributed by atoms with van der Waals surface area (Å²) in [5, 5.41) is 2.96. The number of allylic oxidation sites excluding steroid dienone is 1. The molecule has 2 heterocycles. The third-order valence-electron chi connectivity index (χ3n) is 5.63. The maximum absolute atomic E-state index is 13.4. The topological polar surface area (TPSA) is 58.6 Å². The highest BCUT2D eigenvalue weighted by Crippen LogP contribution is 2.39. The average Bonchev–Trinajstić information content (AvgIpc) is 2.72. The van der Waals surface area contributed by atoms with E-state index in [1.807, 2.05) is 13.8 Å². The van der Waals surface area contributed by atoms with Gasteiger partial charge in [-0.25, -0.2) is 8.42 Å². The van der Waals surface area contributed by atoms with Gasteiger partial charge >= 0.3 is 6.18 Å². The van der Waals surface area contributed by atoms with Crippen molar-refractivity contribution in [3.05, 3.63) is 65.2 Å². The van der Waals surface area contributed by atoms with E-state index in [2.05, 4.69) is 5.32 Å². The molecular formula is C23H25F3N2O3S. The minimum absolute atomic E-state index is 0.135. The Hall–Kier alpha value is -2.36. The fraction of sp³-hybridized carbons (Fsp3) is 0.391. The Labute approximate surface area is 185 Å². The molecule has 172 valence electrons. The average molecular weight is 467 g/mol. The highest BCUT2D eigenvalue weighted by molar-refractivity contribution is 7.89. The van der Waals surface area contributed by atoms with E-state index in [1.54, 1.807) is 42.5 Å². The van der Waals surface area contributed by atoms with Crippen LogP contribution in [0.4, 0.5) is 18.9 Å². The lowest BCUT2D eigenvalue weighted by atomic mass is 9.95. The molecule has 0 aromatic heterocycles. The molecule has 32 heavy (non-hydrogen) atoms. The number of morpholine rings is 1. The van der Waals surface area contributed by atoms with Crippen molar-refractivity contribution in [3.63, 3.8) is 0 Å². The molecule has 2 atom stereocenters. The van der Waals surface area contributed by atoms with Gasteiger partial charge in [-0.3, -0.25) is 0 Å². The number of nitrogens with one attached hydrogen (secondary N) is 1. The molecule has 1 fully saturated rings. The molecule has 1 saturated heterocycles. The third kappa shape index (κ3) is 4.69. The van der Waals surface area contributed by atoms with Gasteiger partial charge in [-0.1, -0.05) is 24.3 Å². The number of hydrogen-bond donors (Lipinski definition) is 1. The summed E-state index contributed by atoms with van der Waals surface area (Å²) in [6, 6.07) is 11.5. The second kappa shape index (κ2) is 8.53.